The molecule has 0 aliphatic carbocycles. The summed E-state index contributed by atoms with van der Waals surface area (Å²) in [6.45, 7) is 3.37. The molecule has 0 atom stereocenters. The first-order valence-electron chi connectivity index (χ1n) is 4.27. The van der Waals surface area contributed by atoms with Crippen molar-refractivity contribution in [3.05, 3.63) is 36.0 Å². The minimum Gasteiger partial charge on any atom is -0.321 e. The first-order chi connectivity index (χ1) is 7.22. The highest BCUT2D eigenvalue weighted by Crippen LogP contribution is 2.29. The maximum atomic E-state index is 11.1. The lowest BCUT2D eigenvalue weighted by atomic mass is 10.2. The number of rotatable bonds is 2. The fourth-order valence-electron chi connectivity index (χ4n) is 1.26. The first-order valence-corrected chi connectivity index (χ1v) is 4.65. The minimum atomic E-state index is -0.292. The van der Waals surface area contributed by atoms with E-state index in [2.05, 4.69) is 22.1 Å². The van der Waals surface area contributed by atoms with Crippen molar-refractivity contribution in [1.82, 2.24) is 10.2 Å². The van der Waals surface area contributed by atoms with Crippen LogP contribution in [0.4, 0.5) is 5.69 Å². The molecule has 0 aliphatic heterocycles. The molecule has 0 fully saturated rings. The molecule has 1 amide bonds. The van der Waals surface area contributed by atoms with Crippen LogP contribution in [0.5, 0.6) is 0 Å². The Labute approximate surface area is 90.9 Å². The summed E-state index contributed by atoms with van der Waals surface area (Å²) < 4.78 is 0. The normalized spacial score (nSPS) is 10.2. The van der Waals surface area contributed by atoms with Crippen LogP contribution in [0.15, 0.2) is 31.0 Å². The zero-order valence-corrected chi connectivity index (χ0v) is 8.51. The lowest BCUT2D eigenvalue weighted by Crippen LogP contribution is -2.07. The molecule has 76 valence electrons. The van der Waals surface area contributed by atoms with Gasteiger partial charge >= 0.3 is 0 Å². The molecule has 0 bridgehead atoms. The molecular formula is C10H8ClN3O. The number of aromatic amines is 1. The third-order valence-corrected chi connectivity index (χ3v) is 2.41. The van der Waals surface area contributed by atoms with Crippen LogP contribution in [0.2, 0.25) is 5.02 Å². The third-order valence-electron chi connectivity index (χ3n) is 2.00. The Balaban J connectivity index is 2.47. The van der Waals surface area contributed by atoms with Crippen molar-refractivity contribution in [2.75, 3.05) is 5.32 Å². The standard InChI is InChI=1S/C10H8ClN3O/c1-2-9(15)13-8-4-3-7-6(10(8)11)5-12-14-7/h2-5H,1H2,(H,12,14)(H,13,15). The Bertz CT molecular complexity index is 532. The summed E-state index contributed by atoms with van der Waals surface area (Å²) >= 11 is 6.07. The van der Waals surface area contributed by atoms with Gasteiger partial charge in [0.25, 0.3) is 0 Å². The van der Waals surface area contributed by atoms with Crippen LogP contribution < -0.4 is 5.32 Å². The van der Waals surface area contributed by atoms with E-state index in [0.29, 0.717) is 10.7 Å². The second-order valence-electron chi connectivity index (χ2n) is 2.95. The predicted octanol–water partition coefficient (Wildman–Crippen LogP) is 2.34. The topological polar surface area (TPSA) is 57.8 Å². The van der Waals surface area contributed by atoms with E-state index >= 15 is 0 Å². The quantitative estimate of drug-likeness (QED) is 0.765. The number of carbonyl (C=O) groups is 1. The molecule has 0 saturated heterocycles. The second-order valence-corrected chi connectivity index (χ2v) is 3.33. The van der Waals surface area contributed by atoms with E-state index in [4.69, 9.17) is 11.6 Å². The van der Waals surface area contributed by atoms with Gasteiger partial charge in [0.15, 0.2) is 0 Å². The SMILES string of the molecule is C=CC(=O)Nc1ccc2[nH]ncc2c1Cl. The molecule has 5 heteroatoms. The molecule has 4 nitrogen and oxygen atoms in total. The number of hydrogen-bond acceptors (Lipinski definition) is 2. The summed E-state index contributed by atoms with van der Waals surface area (Å²) in [6, 6.07) is 3.51. The fourth-order valence-corrected chi connectivity index (χ4v) is 1.52. The van der Waals surface area contributed by atoms with E-state index in [1.165, 1.54) is 6.08 Å². The largest absolute Gasteiger partial charge is 0.321 e. The van der Waals surface area contributed by atoms with Crippen LogP contribution in [-0.4, -0.2) is 16.1 Å². The Kier molecular flexibility index (Phi) is 2.43. The molecule has 1 aromatic heterocycles. The highest BCUT2D eigenvalue weighted by molar-refractivity contribution is 6.38. The molecule has 0 aliphatic rings. The monoisotopic (exact) mass is 221 g/mol. The Hall–Kier alpha value is -1.81. The van der Waals surface area contributed by atoms with Crippen molar-refractivity contribution in [2.24, 2.45) is 0 Å². The Morgan fingerprint density at radius 2 is 2.40 bits per heavy atom. The smallest absolute Gasteiger partial charge is 0.247 e. The molecule has 2 aromatic rings. The second kappa shape index (κ2) is 3.74. The van der Waals surface area contributed by atoms with Crippen molar-refractivity contribution < 1.29 is 4.79 Å². The summed E-state index contributed by atoms with van der Waals surface area (Å²) in [5.74, 6) is -0.292. The number of H-pyrrole nitrogens is 1. The van der Waals surface area contributed by atoms with Crippen LogP contribution in [0, 0.1) is 0 Å². The number of aromatic nitrogens is 2. The number of nitrogens with one attached hydrogen (secondary N) is 2. The molecule has 0 radical (unpaired) electrons. The van der Waals surface area contributed by atoms with E-state index in [9.17, 15) is 4.79 Å². The van der Waals surface area contributed by atoms with Crippen LogP contribution in [0.3, 0.4) is 0 Å². The summed E-state index contributed by atoms with van der Waals surface area (Å²) in [7, 11) is 0. The van der Waals surface area contributed by atoms with Crippen molar-refractivity contribution in [1.29, 1.82) is 0 Å². The Morgan fingerprint density at radius 1 is 1.60 bits per heavy atom. The van der Waals surface area contributed by atoms with Gasteiger partial charge in [-0.15, -0.1) is 0 Å². The number of amides is 1. The number of carbonyl (C=O) groups excluding carboxylic acids is 1. The summed E-state index contributed by atoms with van der Waals surface area (Å²) in [5, 5.41) is 10.5. The summed E-state index contributed by atoms with van der Waals surface area (Å²) in [4.78, 5) is 11.1. The third kappa shape index (κ3) is 1.71. The van der Waals surface area contributed by atoms with Gasteiger partial charge < -0.3 is 5.32 Å². The van der Waals surface area contributed by atoms with E-state index < -0.39 is 0 Å². The molecule has 0 spiro atoms. The number of anilines is 1. The summed E-state index contributed by atoms with van der Waals surface area (Å²) in [5.41, 5.74) is 1.38. The Morgan fingerprint density at radius 3 is 3.13 bits per heavy atom. The molecule has 2 N–H and O–H groups in total. The van der Waals surface area contributed by atoms with Crippen molar-refractivity contribution in [2.45, 2.75) is 0 Å². The van der Waals surface area contributed by atoms with Gasteiger partial charge in [-0.2, -0.15) is 5.10 Å². The van der Waals surface area contributed by atoms with Crippen LogP contribution in [0.1, 0.15) is 0 Å². The summed E-state index contributed by atoms with van der Waals surface area (Å²) in [6.07, 6.45) is 2.80. The number of fused-ring (bicyclic) bond motifs is 1. The van der Waals surface area contributed by atoms with Gasteiger partial charge in [-0.3, -0.25) is 9.89 Å². The van der Waals surface area contributed by atoms with Crippen molar-refractivity contribution in [3.63, 3.8) is 0 Å². The number of hydrogen-bond donors (Lipinski definition) is 2. The average Bonchev–Trinajstić information content (AvgIpc) is 2.70. The average molecular weight is 222 g/mol. The van der Waals surface area contributed by atoms with E-state index in [1.807, 2.05) is 0 Å². The van der Waals surface area contributed by atoms with Gasteiger partial charge in [-0.1, -0.05) is 18.2 Å². The zero-order valence-electron chi connectivity index (χ0n) is 7.75. The molecule has 0 saturated carbocycles. The minimum absolute atomic E-state index is 0.292. The van der Waals surface area contributed by atoms with Crippen molar-refractivity contribution in [3.8, 4) is 0 Å². The zero-order chi connectivity index (χ0) is 10.8. The first kappa shape index (κ1) is 9.73. The maximum absolute atomic E-state index is 11.1. The van der Waals surface area contributed by atoms with E-state index in [-0.39, 0.29) is 5.91 Å². The van der Waals surface area contributed by atoms with Crippen molar-refractivity contribution >= 4 is 34.1 Å². The molecule has 2 rings (SSSR count). The highest BCUT2D eigenvalue weighted by atomic mass is 35.5. The lowest BCUT2D eigenvalue weighted by molar-refractivity contribution is -0.111. The molecule has 15 heavy (non-hydrogen) atoms. The predicted molar refractivity (Wildman–Crippen MR) is 59.9 cm³/mol. The van der Waals surface area contributed by atoms with Crippen LogP contribution in [-0.2, 0) is 4.79 Å². The van der Waals surface area contributed by atoms with Gasteiger partial charge in [0, 0.05) is 5.39 Å². The lowest BCUT2D eigenvalue weighted by Gasteiger charge is -2.04. The number of nitrogens with zero attached hydrogens (tertiary/aromatic N) is 1. The molecule has 1 heterocycles. The van der Waals surface area contributed by atoms with Gasteiger partial charge in [-0.25, -0.2) is 0 Å². The van der Waals surface area contributed by atoms with Gasteiger partial charge in [-0.05, 0) is 18.2 Å². The van der Waals surface area contributed by atoms with Crippen LogP contribution in [0.25, 0.3) is 10.9 Å². The van der Waals surface area contributed by atoms with E-state index in [1.54, 1.807) is 18.3 Å². The van der Waals surface area contributed by atoms with Gasteiger partial charge in [0.1, 0.15) is 0 Å². The maximum Gasteiger partial charge on any atom is 0.247 e. The van der Waals surface area contributed by atoms with Gasteiger partial charge in [0.2, 0.25) is 5.91 Å². The number of benzene rings is 1. The van der Waals surface area contributed by atoms with Crippen LogP contribution >= 0.6 is 11.6 Å². The number of halogens is 1. The fraction of sp³-hybridized carbons (Fsp3) is 0. The molecule has 0 unspecified atom stereocenters. The van der Waals surface area contributed by atoms with E-state index in [0.717, 1.165) is 10.9 Å². The molecular weight excluding hydrogens is 214 g/mol. The molecule has 1 aromatic carbocycles. The van der Waals surface area contributed by atoms with Gasteiger partial charge in [0.05, 0.1) is 22.4 Å². The highest BCUT2D eigenvalue weighted by Gasteiger charge is 2.07.